The molecule has 1 fully saturated rings. The lowest BCUT2D eigenvalue weighted by Gasteiger charge is -2.41. The van der Waals surface area contributed by atoms with Crippen molar-refractivity contribution in [2.45, 2.75) is 40.2 Å². The van der Waals surface area contributed by atoms with Crippen molar-refractivity contribution in [3.05, 3.63) is 29.3 Å². The Balaban J connectivity index is 2.24. The molecule has 0 saturated carbocycles. The number of carbonyl (C=O) groups excluding carboxylic acids is 1. The van der Waals surface area contributed by atoms with Crippen LogP contribution in [0.3, 0.4) is 0 Å². The van der Waals surface area contributed by atoms with E-state index in [0.29, 0.717) is 17.9 Å². The predicted octanol–water partition coefficient (Wildman–Crippen LogP) is 2.79. The number of aryl methyl sites for hydroxylation is 1. The Labute approximate surface area is 121 Å². The van der Waals surface area contributed by atoms with Crippen LogP contribution in [0.15, 0.2) is 18.2 Å². The fourth-order valence-electron chi connectivity index (χ4n) is 3.11. The molecule has 0 bridgehead atoms. The van der Waals surface area contributed by atoms with Gasteiger partial charge in [0.1, 0.15) is 0 Å². The Kier molecular flexibility index (Phi) is 4.33. The van der Waals surface area contributed by atoms with Gasteiger partial charge in [-0.2, -0.15) is 0 Å². The highest BCUT2D eigenvalue weighted by molar-refractivity contribution is 5.95. The Hall–Kier alpha value is -1.55. The molecule has 1 aromatic carbocycles. The topological polar surface area (TPSA) is 58.4 Å². The highest BCUT2D eigenvalue weighted by Gasteiger charge is 2.32. The number of nitrogens with one attached hydrogen (secondary N) is 1. The van der Waals surface area contributed by atoms with Gasteiger partial charge in [0.15, 0.2) is 0 Å². The maximum Gasteiger partial charge on any atom is 0.254 e. The van der Waals surface area contributed by atoms with Gasteiger partial charge in [0.05, 0.1) is 5.69 Å². The van der Waals surface area contributed by atoms with E-state index in [4.69, 9.17) is 5.84 Å². The third-order valence-electron chi connectivity index (χ3n) is 4.49. The Morgan fingerprint density at radius 3 is 2.65 bits per heavy atom. The number of hydrogen-bond acceptors (Lipinski definition) is 3. The molecule has 3 unspecified atom stereocenters. The molecule has 4 nitrogen and oxygen atoms in total. The zero-order valence-electron chi connectivity index (χ0n) is 12.8. The molecule has 3 atom stereocenters. The van der Waals surface area contributed by atoms with Crippen molar-refractivity contribution in [3.63, 3.8) is 0 Å². The number of hydrogen-bond donors (Lipinski definition) is 2. The van der Waals surface area contributed by atoms with Crippen molar-refractivity contribution in [2.24, 2.45) is 17.7 Å². The fourth-order valence-corrected chi connectivity index (χ4v) is 3.11. The minimum absolute atomic E-state index is 0.127. The molecular formula is C16H25N3O. The molecule has 0 aromatic heterocycles. The van der Waals surface area contributed by atoms with Crippen LogP contribution in [0.25, 0.3) is 0 Å². The van der Waals surface area contributed by atoms with Gasteiger partial charge in [0, 0.05) is 18.2 Å². The van der Waals surface area contributed by atoms with E-state index in [1.54, 1.807) is 0 Å². The second kappa shape index (κ2) is 5.83. The van der Waals surface area contributed by atoms with Gasteiger partial charge in [-0.1, -0.05) is 13.8 Å². The molecular weight excluding hydrogens is 250 g/mol. The standard InChI is InChI=1S/C16H25N3O/c1-10-7-11(2)13(4)19(9-10)16(20)14-5-6-15(18-17)12(3)8-14/h5-6,8,10-11,13,18H,7,9,17H2,1-4H3. The molecule has 1 aromatic rings. The monoisotopic (exact) mass is 275 g/mol. The summed E-state index contributed by atoms with van der Waals surface area (Å²) < 4.78 is 0. The molecule has 1 amide bonds. The first kappa shape index (κ1) is 14.9. The van der Waals surface area contributed by atoms with Crippen molar-refractivity contribution in [1.82, 2.24) is 4.90 Å². The minimum atomic E-state index is 0.127. The number of rotatable bonds is 2. The SMILES string of the molecule is Cc1cc(C(=O)N2CC(C)CC(C)C2C)ccc1NN. The lowest BCUT2D eigenvalue weighted by Crippen LogP contribution is -2.48. The van der Waals surface area contributed by atoms with E-state index in [0.717, 1.165) is 23.4 Å². The van der Waals surface area contributed by atoms with Crippen LogP contribution in [-0.2, 0) is 0 Å². The van der Waals surface area contributed by atoms with Crippen LogP contribution in [0.2, 0.25) is 0 Å². The summed E-state index contributed by atoms with van der Waals surface area (Å²) in [6.45, 7) is 9.40. The van der Waals surface area contributed by atoms with Gasteiger partial charge in [-0.15, -0.1) is 0 Å². The van der Waals surface area contributed by atoms with Gasteiger partial charge in [-0.25, -0.2) is 0 Å². The van der Waals surface area contributed by atoms with Gasteiger partial charge in [0.25, 0.3) is 5.91 Å². The molecule has 110 valence electrons. The van der Waals surface area contributed by atoms with Gasteiger partial charge < -0.3 is 10.3 Å². The molecule has 1 heterocycles. The molecule has 0 radical (unpaired) electrons. The molecule has 1 aliphatic rings. The van der Waals surface area contributed by atoms with E-state index >= 15 is 0 Å². The summed E-state index contributed by atoms with van der Waals surface area (Å²) in [6, 6.07) is 5.92. The van der Waals surface area contributed by atoms with Gasteiger partial charge in [0.2, 0.25) is 0 Å². The van der Waals surface area contributed by atoms with Crippen LogP contribution in [-0.4, -0.2) is 23.4 Å². The summed E-state index contributed by atoms with van der Waals surface area (Å²) in [5, 5.41) is 0. The molecule has 1 aliphatic heterocycles. The molecule has 1 saturated heterocycles. The van der Waals surface area contributed by atoms with E-state index in [1.807, 2.05) is 30.0 Å². The second-order valence-electron chi connectivity index (χ2n) is 6.19. The van der Waals surface area contributed by atoms with Crippen LogP contribution in [0.1, 0.15) is 43.1 Å². The number of likely N-dealkylation sites (tertiary alicyclic amines) is 1. The normalized spacial score (nSPS) is 26.4. The van der Waals surface area contributed by atoms with E-state index in [9.17, 15) is 4.79 Å². The van der Waals surface area contributed by atoms with Crippen molar-refractivity contribution in [2.75, 3.05) is 12.0 Å². The van der Waals surface area contributed by atoms with Crippen molar-refractivity contribution in [1.29, 1.82) is 0 Å². The third kappa shape index (κ3) is 2.80. The molecule has 20 heavy (non-hydrogen) atoms. The number of carbonyl (C=O) groups is 1. The number of anilines is 1. The van der Waals surface area contributed by atoms with Gasteiger partial charge in [-0.3, -0.25) is 10.6 Å². The quantitative estimate of drug-likeness (QED) is 0.644. The maximum absolute atomic E-state index is 12.7. The Bertz CT molecular complexity index is 500. The number of amides is 1. The van der Waals surface area contributed by atoms with Gasteiger partial charge >= 0.3 is 0 Å². The number of piperidine rings is 1. The predicted molar refractivity (Wildman–Crippen MR) is 82.4 cm³/mol. The van der Waals surface area contributed by atoms with Crippen LogP contribution in [0, 0.1) is 18.8 Å². The molecule has 0 aliphatic carbocycles. The number of hydrazine groups is 1. The summed E-state index contributed by atoms with van der Waals surface area (Å²) in [6.07, 6.45) is 1.19. The first-order chi connectivity index (χ1) is 9.43. The zero-order valence-corrected chi connectivity index (χ0v) is 12.8. The largest absolute Gasteiger partial charge is 0.335 e. The summed E-state index contributed by atoms with van der Waals surface area (Å²) >= 11 is 0. The van der Waals surface area contributed by atoms with Crippen LogP contribution >= 0.6 is 0 Å². The first-order valence-corrected chi connectivity index (χ1v) is 7.32. The lowest BCUT2D eigenvalue weighted by atomic mass is 9.85. The highest BCUT2D eigenvalue weighted by Crippen LogP contribution is 2.28. The number of nitrogens with two attached hydrogens (primary N) is 1. The average Bonchev–Trinajstić information content (AvgIpc) is 2.42. The number of nitrogens with zero attached hydrogens (tertiary/aromatic N) is 1. The highest BCUT2D eigenvalue weighted by atomic mass is 16.2. The summed E-state index contributed by atoms with van der Waals surface area (Å²) in [4.78, 5) is 14.7. The van der Waals surface area contributed by atoms with Crippen molar-refractivity contribution >= 4 is 11.6 Å². The average molecular weight is 275 g/mol. The molecule has 3 N–H and O–H groups in total. The third-order valence-corrected chi connectivity index (χ3v) is 4.49. The molecule has 2 rings (SSSR count). The second-order valence-corrected chi connectivity index (χ2v) is 6.19. The fraction of sp³-hybridized carbons (Fsp3) is 0.562. The van der Waals surface area contributed by atoms with Crippen molar-refractivity contribution in [3.8, 4) is 0 Å². The molecule has 0 spiro atoms. The van der Waals surface area contributed by atoms with Crippen LogP contribution in [0.5, 0.6) is 0 Å². The zero-order chi connectivity index (χ0) is 14.9. The smallest absolute Gasteiger partial charge is 0.254 e. The summed E-state index contributed by atoms with van der Waals surface area (Å²) in [5.74, 6) is 6.68. The minimum Gasteiger partial charge on any atom is -0.335 e. The Morgan fingerprint density at radius 1 is 1.35 bits per heavy atom. The molecule has 4 heteroatoms. The van der Waals surface area contributed by atoms with Crippen LogP contribution < -0.4 is 11.3 Å². The van der Waals surface area contributed by atoms with E-state index in [1.165, 1.54) is 6.42 Å². The van der Waals surface area contributed by atoms with Crippen LogP contribution in [0.4, 0.5) is 5.69 Å². The van der Waals surface area contributed by atoms with E-state index < -0.39 is 0 Å². The summed E-state index contributed by atoms with van der Waals surface area (Å²) in [5.41, 5.74) is 5.23. The van der Waals surface area contributed by atoms with Crippen molar-refractivity contribution < 1.29 is 4.79 Å². The summed E-state index contributed by atoms with van der Waals surface area (Å²) in [7, 11) is 0. The first-order valence-electron chi connectivity index (χ1n) is 7.32. The van der Waals surface area contributed by atoms with Gasteiger partial charge in [-0.05, 0) is 55.9 Å². The lowest BCUT2D eigenvalue weighted by molar-refractivity contribution is 0.0455. The maximum atomic E-state index is 12.7. The Morgan fingerprint density at radius 2 is 2.05 bits per heavy atom. The van der Waals surface area contributed by atoms with E-state index in [-0.39, 0.29) is 5.91 Å². The number of nitrogen functional groups attached to an aromatic ring is 1. The number of benzene rings is 1. The van der Waals surface area contributed by atoms with E-state index in [2.05, 4.69) is 26.2 Å².